The van der Waals surface area contributed by atoms with Crippen LogP contribution in [0, 0.1) is 0 Å². The average molecular weight is 265 g/mol. The van der Waals surface area contributed by atoms with Crippen molar-refractivity contribution in [1.29, 1.82) is 0 Å². The molecule has 108 valence electrons. The molecule has 1 aromatic rings. The first-order valence-electron chi connectivity index (χ1n) is 7.16. The molecule has 1 aliphatic rings. The Morgan fingerprint density at radius 3 is 2.47 bits per heavy atom. The Kier molecular flexibility index (Phi) is 4.60. The van der Waals surface area contributed by atoms with E-state index in [2.05, 4.69) is 34.9 Å². The normalized spacial score (nSPS) is 18.9. The van der Waals surface area contributed by atoms with Gasteiger partial charge in [-0.05, 0) is 25.8 Å². The molecule has 5 nitrogen and oxygen atoms in total. The van der Waals surface area contributed by atoms with E-state index in [4.69, 9.17) is 5.73 Å². The quantitative estimate of drug-likeness (QED) is 0.833. The second kappa shape index (κ2) is 6.03. The van der Waals surface area contributed by atoms with Crippen molar-refractivity contribution in [3.63, 3.8) is 0 Å². The summed E-state index contributed by atoms with van der Waals surface area (Å²) in [5.74, 6) is 0. The molecule has 0 spiro atoms. The average Bonchev–Trinajstić information content (AvgIpc) is 2.83. The Morgan fingerprint density at radius 2 is 1.95 bits per heavy atom. The van der Waals surface area contributed by atoms with Crippen LogP contribution >= 0.6 is 0 Å². The van der Waals surface area contributed by atoms with Gasteiger partial charge in [0.1, 0.15) is 0 Å². The van der Waals surface area contributed by atoms with Crippen LogP contribution in [0.15, 0.2) is 12.4 Å². The minimum atomic E-state index is 0.134. The van der Waals surface area contributed by atoms with Crippen molar-refractivity contribution < 1.29 is 0 Å². The lowest BCUT2D eigenvalue weighted by Crippen LogP contribution is -2.57. The lowest BCUT2D eigenvalue weighted by atomic mass is 10.0. The fourth-order valence-corrected chi connectivity index (χ4v) is 2.59. The van der Waals surface area contributed by atoms with Gasteiger partial charge in [0.2, 0.25) is 0 Å². The predicted octanol–water partition coefficient (Wildman–Crippen LogP) is 0.318. The van der Waals surface area contributed by atoms with Crippen LogP contribution in [0.1, 0.15) is 19.4 Å². The first-order chi connectivity index (χ1) is 9.01. The van der Waals surface area contributed by atoms with Crippen molar-refractivity contribution in [2.45, 2.75) is 25.8 Å². The highest BCUT2D eigenvalue weighted by molar-refractivity contribution is 5.04. The molecule has 2 rings (SSSR count). The fraction of sp³-hybridized carbons (Fsp3) is 0.786. The Bertz CT molecular complexity index is 390. The third-order valence-electron chi connectivity index (χ3n) is 4.20. The summed E-state index contributed by atoms with van der Waals surface area (Å²) in [6, 6.07) is 0. The number of rotatable bonds is 5. The molecule has 0 amide bonds. The van der Waals surface area contributed by atoms with E-state index < -0.39 is 0 Å². The molecule has 1 fully saturated rings. The maximum absolute atomic E-state index is 5.84. The van der Waals surface area contributed by atoms with Crippen molar-refractivity contribution in [3.8, 4) is 0 Å². The molecule has 0 atom stereocenters. The standard InChI is InChI=1S/C14H27N5/c1-14(2,12-15)19-8-6-18(7-9-19)5-4-13-10-16-17(3)11-13/h10-11H,4-9,12,15H2,1-3H3. The largest absolute Gasteiger partial charge is 0.329 e. The zero-order valence-electron chi connectivity index (χ0n) is 12.5. The van der Waals surface area contributed by atoms with Gasteiger partial charge in [0, 0.05) is 58.1 Å². The number of piperazine rings is 1. The van der Waals surface area contributed by atoms with Crippen LogP contribution in [-0.2, 0) is 13.5 Å². The highest BCUT2D eigenvalue weighted by Gasteiger charge is 2.28. The minimum Gasteiger partial charge on any atom is -0.329 e. The molecule has 2 heterocycles. The monoisotopic (exact) mass is 265 g/mol. The summed E-state index contributed by atoms with van der Waals surface area (Å²) in [5.41, 5.74) is 7.30. The number of hydrogen-bond donors (Lipinski definition) is 1. The van der Waals surface area contributed by atoms with Crippen LogP contribution in [0.3, 0.4) is 0 Å². The molecule has 0 aliphatic carbocycles. The van der Waals surface area contributed by atoms with Crippen LogP contribution in [0.2, 0.25) is 0 Å². The summed E-state index contributed by atoms with van der Waals surface area (Å²) in [4.78, 5) is 5.05. The number of aromatic nitrogens is 2. The molecule has 0 unspecified atom stereocenters. The summed E-state index contributed by atoms with van der Waals surface area (Å²) >= 11 is 0. The molecule has 1 saturated heterocycles. The Morgan fingerprint density at radius 1 is 1.26 bits per heavy atom. The van der Waals surface area contributed by atoms with E-state index in [1.54, 1.807) is 0 Å². The van der Waals surface area contributed by atoms with E-state index >= 15 is 0 Å². The molecular formula is C14H27N5. The lowest BCUT2D eigenvalue weighted by Gasteiger charge is -2.43. The highest BCUT2D eigenvalue weighted by atomic mass is 15.3. The molecule has 19 heavy (non-hydrogen) atoms. The molecule has 0 saturated carbocycles. The number of aryl methyl sites for hydroxylation is 1. The number of hydrogen-bond acceptors (Lipinski definition) is 4. The van der Waals surface area contributed by atoms with E-state index in [1.807, 2.05) is 17.9 Å². The molecule has 5 heteroatoms. The van der Waals surface area contributed by atoms with Crippen LogP contribution in [0.5, 0.6) is 0 Å². The predicted molar refractivity (Wildman–Crippen MR) is 78.1 cm³/mol. The second-order valence-electron chi connectivity index (χ2n) is 6.12. The van der Waals surface area contributed by atoms with Gasteiger partial charge in [0.15, 0.2) is 0 Å². The van der Waals surface area contributed by atoms with Gasteiger partial charge >= 0.3 is 0 Å². The fourth-order valence-electron chi connectivity index (χ4n) is 2.59. The van der Waals surface area contributed by atoms with Crippen LogP contribution in [-0.4, -0.2) is 64.4 Å². The third-order valence-corrected chi connectivity index (χ3v) is 4.20. The summed E-state index contributed by atoms with van der Waals surface area (Å²) in [7, 11) is 1.97. The maximum atomic E-state index is 5.84. The summed E-state index contributed by atoms with van der Waals surface area (Å²) in [6.07, 6.45) is 5.16. The van der Waals surface area contributed by atoms with Crippen LogP contribution in [0.4, 0.5) is 0 Å². The minimum absolute atomic E-state index is 0.134. The Labute approximate surface area is 116 Å². The molecule has 2 N–H and O–H groups in total. The van der Waals surface area contributed by atoms with Crippen LogP contribution < -0.4 is 5.73 Å². The zero-order chi connectivity index (χ0) is 13.9. The van der Waals surface area contributed by atoms with Crippen molar-refractivity contribution >= 4 is 0 Å². The zero-order valence-corrected chi connectivity index (χ0v) is 12.5. The number of nitrogens with zero attached hydrogens (tertiary/aromatic N) is 4. The third kappa shape index (κ3) is 3.78. The number of nitrogens with two attached hydrogens (primary N) is 1. The van der Waals surface area contributed by atoms with Gasteiger partial charge < -0.3 is 10.6 Å². The van der Waals surface area contributed by atoms with E-state index in [9.17, 15) is 0 Å². The van der Waals surface area contributed by atoms with E-state index in [-0.39, 0.29) is 5.54 Å². The Hall–Kier alpha value is -0.910. The SMILES string of the molecule is Cn1cc(CCN2CCN(C(C)(C)CN)CC2)cn1. The summed E-state index contributed by atoms with van der Waals surface area (Å²) in [6.45, 7) is 10.9. The maximum Gasteiger partial charge on any atom is 0.0522 e. The van der Waals surface area contributed by atoms with Gasteiger partial charge in [0.25, 0.3) is 0 Å². The van der Waals surface area contributed by atoms with E-state index in [1.165, 1.54) is 5.56 Å². The molecule has 0 radical (unpaired) electrons. The molecule has 0 aromatic carbocycles. The van der Waals surface area contributed by atoms with Crippen molar-refractivity contribution in [1.82, 2.24) is 19.6 Å². The van der Waals surface area contributed by atoms with Crippen molar-refractivity contribution in [2.75, 3.05) is 39.3 Å². The van der Waals surface area contributed by atoms with Gasteiger partial charge in [-0.3, -0.25) is 9.58 Å². The molecule has 1 aliphatic heterocycles. The summed E-state index contributed by atoms with van der Waals surface area (Å²) < 4.78 is 1.87. The second-order valence-corrected chi connectivity index (χ2v) is 6.12. The van der Waals surface area contributed by atoms with E-state index in [0.717, 1.165) is 45.7 Å². The van der Waals surface area contributed by atoms with Gasteiger partial charge in [-0.25, -0.2) is 0 Å². The topological polar surface area (TPSA) is 50.3 Å². The van der Waals surface area contributed by atoms with E-state index in [0.29, 0.717) is 0 Å². The lowest BCUT2D eigenvalue weighted by molar-refractivity contribution is 0.0574. The van der Waals surface area contributed by atoms with Crippen LogP contribution in [0.25, 0.3) is 0 Å². The van der Waals surface area contributed by atoms with Crippen molar-refractivity contribution in [2.24, 2.45) is 12.8 Å². The molecule has 0 bridgehead atoms. The first kappa shape index (κ1) is 14.5. The van der Waals surface area contributed by atoms with Gasteiger partial charge in [-0.2, -0.15) is 5.10 Å². The van der Waals surface area contributed by atoms with Crippen molar-refractivity contribution in [3.05, 3.63) is 18.0 Å². The Balaban J connectivity index is 1.74. The molecule has 1 aromatic heterocycles. The molecular weight excluding hydrogens is 238 g/mol. The van der Waals surface area contributed by atoms with Gasteiger partial charge in [-0.15, -0.1) is 0 Å². The summed E-state index contributed by atoms with van der Waals surface area (Å²) in [5, 5.41) is 4.21. The van der Waals surface area contributed by atoms with Gasteiger partial charge in [-0.1, -0.05) is 0 Å². The smallest absolute Gasteiger partial charge is 0.0522 e. The highest BCUT2D eigenvalue weighted by Crippen LogP contribution is 2.15. The first-order valence-corrected chi connectivity index (χ1v) is 7.16. The van der Waals surface area contributed by atoms with Gasteiger partial charge in [0.05, 0.1) is 6.20 Å².